The molecule has 0 aliphatic rings. The van der Waals surface area contributed by atoms with Gasteiger partial charge in [-0.2, -0.15) is 0 Å². The number of rotatable bonds is 3. The van der Waals surface area contributed by atoms with Crippen LogP contribution in [0.1, 0.15) is 5.56 Å². The predicted molar refractivity (Wildman–Crippen MR) is 64.8 cm³/mol. The molecule has 3 nitrogen and oxygen atoms in total. The minimum atomic E-state index is 0. The van der Waals surface area contributed by atoms with Crippen LogP contribution in [0, 0.1) is 0 Å². The second kappa shape index (κ2) is 5.05. The third-order valence-corrected chi connectivity index (χ3v) is 2.41. The standard InChI is InChI=1S/C11H14N2O.ClH/c1-12-6-5-8-7-13-9-3-2-4-10(14)11(8)9;/h2-4,7,12-14H,5-6H2,1H3;1H. The summed E-state index contributed by atoms with van der Waals surface area (Å²) in [5.41, 5.74) is 2.16. The number of halogens is 1. The monoisotopic (exact) mass is 226 g/mol. The van der Waals surface area contributed by atoms with Crippen LogP contribution in [0.2, 0.25) is 0 Å². The molecule has 0 amide bonds. The highest BCUT2D eigenvalue weighted by Crippen LogP contribution is 2.27. The number of phenols is 1. The Hall–Kier alpha value is -1.19. The van der Waals surface area contributed by atoms with Crippen LogP contribution in [0.4, 0.5) is 0 Å². The molecule has 0 aliphatic carbocycles. The fourth-order valence-electron chi connectivity index (χ4n) is 1.69. The highest BCUT2D eigenvalue weighted by molar-refractivity contribution is 5.88. The lowest BCUT2D eigenvalue weighted by Crippen LogP contribution is -2.09. The van der Waals surface area contributed by atoms with E-state index in [4.69, 9.17) is 0 Å². The van der Waals surface area contributed by atoms with Gasteiger partial charge in [-0.25, -0.2) is 0 Å². The number of hydrogen-bond donors (Lipinski definition) is 3. The quantitative estimate of drug-likeness (QED) is 0.750. The zero-order valence-corrected chi connectivity index (χ0v) is 9.40. The minimum absolute atomic E-state index is 0. The zero-order chi connectivity index (χ0) is 9.97. The lowest BCUT2D eigenvalue weighted by Gasteiger charge is -2.00. The van der Waals surface area contributed by atoms with Crippen molar-refractivity contribution in [2.45, 2.75) is 6.42 Å². The molecule has 0 radical (unpaired) electrons. The molecule has 1 heterocycles. The van der Waals surface area contributed by atoms with Crippen LogP contribution in [-0.2, 0) is 6.42 Å². The Morgan fingerprint density at radius 3 is 2.93 bits per heavy atom. The first kappa shape index (κ1) is 11.9. The van der Waals surface area contributed by atoms with Gasteiger partial charge in [-0.1, -0.05) is 6.07 Å². The molecule has 82 valence electrons. The average molecular weight is 227 g/mol. The van der Waals surface area contributed by atoms with Crippen LogP contribution in [0.25, 0.3) is 10.9 Å². The number of phenolic OH excluding ortho intramolecular Hbond substituents is 1. The summed E-state index contributed by atoms with van der Waals surface area (Å²) in [6.45, 7) is 0.918. The first-order valence-electron chi connectivity index (χ1n) is 4.75. The number of benzene rings is 1. The second-order valence-electron chi connectivity index (χ2n) is 3.37. The molecule has 2 rings (SSSR count). The Bertz CT molecular complexity index is 439. The fourth-order valence-corrected chi connectivity index (χ4v) is 1.69. The molecule has 3 N–H and O–H groups in total. The molecule has 15 heavy (non-hydrogen) atoms. The molecule has 4 heteroatoms. The topological polar surface area (TPSA) is 48.0 Å². The van der Waals surface area contributed by atoms with Crippen LogP contribution < -0.4 is 5.32 Å². The Labute approximate surface area is 94.9 Å². The van der Waals surface area contributed by atoms with Crippen molar-refractivity contribution in [3.8, 4) is 5.75 Å². The van der Waals surface area contributed by atoms with E-state index >= 15 is 0 Å². The summed E-state index contributed by atoms with van der Waals surface area (Å²) in [4.78, 5) is 3.15. The predicted octanol–water partition coefficient (Wildman–Crippen LogP) is 2.06. The van der Waals surface area contributed by atoms with Crippen LogP contribution in [-0.4, -0.2) is 23.7 Å². The SMILES string of the molecule is CNCCc1c[nH]c2cccc(O)c12.Cl. The lowest BCUT2D eigenvalue weighted by atomic mass is 10.1. The largest absolute Gasteiger partial charge is 0.507 e. The van der Waals surface area contributed by atoms with Gasteiger partial charge in [-0.05, 0) is 37.7 Å². The molecule has 0 aliphatic heterocycles. The smallest absolute Gasteiger partial charge is 0.125 e. The number of aromatic amines is 1. The van der Waals surface area contributed by atoms with Crippen molar-refractivity contribution in [1.82, 2.24) is 10.3 Å². The number of aromatic hydroxyl groups is 1. The highest BCUT2D eigenvalue weighted by Gasteiger charge is 2.06. The highest BCUT2D eigenvalue weighted by atomic mass is 35.5. The van der Waals surface area contributed by atoms with E-state index in [1.165, 1.54) is 0 Å². The van der Waals surface area contributed by atoms with E-state index in [-0.39, 0.29) is 12.4 Å². The number of H-pyrrole nitrogens is 1. The summed E-state index contributed by atoms with van der Waals surface area (Å²) in [5, 5.41) is 13.7. The zero-order valence-electron chi connectivity index (χ0n) is 8.58. The first-order valence-corrected chi connectivity index (χ1v) is 4.75. The van der Waals surface area contributed by atoms with E-state index in [2.05, 4.69) is 10.3 Å². The number of hydrogen-bond acceptors (Lipinski definition) is 2. The summed E-state index contributed by atoms with van der Waals surface area (Å²) in [6, 6.07) is 5.53. The van der Waals surface area contributed by atoms with E-state index in [0.29, 0.717) is 5.75 Å². The van der Waals surface area contributed by atoms with Gasteiger partial charge in [0.05, 0.1) is 0 Å². The van der Waals surface area contributed by atoms with Gasteiger partial charge < -0.3 is 15.4 Å². The average Bonchev–Trinajstić information content (AvgIpc) is 2.59. The summed E-state index contributed by atoms with van der Waals surface area (Å²) < 4.78 is 0. The molecule has 0 saturated heterocycles. The number of likely N-dealkylation sites (N-methyl/N-ethyl adjacent to an activating group) is 1. The van der Waals surface area contributed by atoms with Crippen LogP contribution in [0.3, 0.4) is 0 Å². The van der Waals surface area contributed by atoms with Crippen molar-refractivity contribution in [1.29, 1.82) is 0 Å². The lowest BCUT2D eigenvalue weighted by molar-refractivity contribution is 0.481. The van der Waals surface area contributed by atoms with Crippen molar-refractivity contribution >= 4 is 23.3 Å². The van der Waals surface area contributed by atoms with Gasteiger partial charge in [0.1, 0.15) is 5.75 Å². The van der Waals surface area contributed by atoms with Crippen LogP contribution >= 0.6 is 12.4 Å². The number of fused-ring (bicyclic) bond motifs is 1. The van der Waals surface area contributed by atoms with Gasteiger partial charge in [0.15, 0.2) is 0 Å². The normalized spacial score (nSPS) is 10.2. The van der Waals surface area contributed by atoms with Crippen LogP contribution in [0.5, 0.6) is 5.75 Å². The Morgan fingerprint density at radius 2 is 2.20 bits per heavy atom. The van der Waals surface area contributed by atoms with Gasteiger partial charge in [-0.15, -0.1) is 12.4 Å². The van der Waals surface area contributed by atoms with Crippen molar-refractivity contribution in [2.75, 3.05) is 13.6 Å². The Morgan fingerprint density at radius 1 is 1.40 bits per heavy atom. The van der Waals surface area contributed by atoms with Crippen molar-refractivity contribution in [3.63, 3.8) is 0 Å². The van der Waals surface area contributed by atoms with Gasteiger partial charge in [0.25, 0.3) is 0 Å². The number of nitrogens with one attached hydrogen (secondary N) is 2. The van der Waals surface area contributed by atoms with E-state index < -0.39 is 0 Å². The van der Waals surface area contributed by atoms with Gasteiger partial charge in [0, 0.05) is 17.1 Å². The molecule has 0 bridgehead atoms. The fraction of sp³-hybridized carbons (Fsp3) is 0.273. The molecule has 0 saturated carbocycles. The summed E-state index contributed by atoms with van der Waals surface area (Å²) in [5.74, 6) is 0.356. The van der Waals surface area contributed by atoms with Crippen molar-refractivity contribution < 1.29 is 5.11 Å². The maximum Gasteiger partial charge on any atom is 0.125 e. The molecular formula is C11H15ClN2O. The Balaban J connectivity index is 0.00000112. The summed E-state index contributed by atoms with van der Waals surface area (Å²) in [7, 11) is 1.93. The van der Waals surface area contributed by atoms with E-state index in [0.717, 1.165) is 29.4 Å². The molecule has 0 unspecified atom stereocenters. The summed E-state index contributed by atoms with van der Waals surface area (Å²) >= 11 is 0. The molecule has 0 atom stereocenters. The van der Waals surface area contributed by atoms with Crippen LogP contribution in [0.15, 0.2) is 24.4 Å². The Kier molecular flexibility index (Phi) is 4.00. The molecular weight excluding hydrogens is 212 g/mol. The van der Waals surface area contributed by atoms with Gasteiger partial charge >= 0.3 is 0 Å². The first-order chi connectivity index (χ1) is 6.83. The maximum atomic E-state index is 9.70. The van der Waals surface area contributed by atoms with E-state index in [9.17, 15) is 5.11 Å². The van der Waals surface area contributed by atoms with Gasteiger partial charge in [0.2, 0.25) is 0 Å². The molecule has 0 spiro atoms. The van der Waals surface area contributed by atoms with Gasteiger partial charge in [-0.3, -0.25) is 0 Å². The summed E-state index contributed by atoms with van der Waals surface area (Å²) in [6.07, 6.45) is 2.88. The minimum Gasteiger partial charge on any atom is -0.507 e. The van der Waals surface area contributed by atoms with Crippen molar-refractivity contribution in [2.24, 2.45) is 0 Å². The molecule has 0 fully saturated rings. The maximum absolute atomic E-state index is 9.70. The second-order valence-corrected chi connectivity index (χ2v) is 3.37. The third kappa shape index (κ3) is 2.25. The number of aromatic nitrogens is 1. The molecule has 2 aromatic rings. The van der Waals surface area contributed by atoms with E-state index in [1.54, 1.807) is 6.07 Å². The molecule has 1 aromatic heterocycles. The van der Waals surface area contributed by atoms with Crippen molar-refractivity contribution in [3.05, 3.63) is 30.0 Å². The van der Waals surface area contributed by atoms with E-state index in [1.807, 2.05) is 25.4 Å². The molecule has 1 aromatic carbocycles. The third-order valence-electron chi connectivity index (χ3n) is 2.41.